The minimum absolute atomic E-state index is 0.0539. The van der Waals surface area contributed by atoms with Crippen LogP contribution >= 0.6 is 0 Å². The first-order chi connectivity index (χ1) is 15.3. The molecular weight excluding hydrogens is 425 g/mol. The van der Waals surface area contributed by atoms with E-state index in [-0.39, 0.29) is 17.8 Å². The maximum Gasteiger partial charge on any atom is 0.573 e. The number of aryl methyl sites for hydroxylation is 1. The van der Waals surface area contributed by atoms with Crippen LogP contribution in [0.5, 0.6) is 5.75 Å². The summed E-state index contributed by atoms with van der Waals surface area (Å²) in [5.41, 5.74) is 2.27. The molecule has 0 aliphatic carbocycles. The molecule has 2 aliphatic heterocycles. The topological polar surface area (TPSA) is 75.5 Å². The summed E-state index contributed by atoms with van der Waals surface area (Å²) in [6, 6.07) is 8.83. The molecule has 0 radical (unpaired) electrons. The van der Waals surface area contributed by atoms with Crippen molar-refractivity contribution < 1.29 is 22.7 Å². The lowest BCUT2D eigenvalue weighted by Gasteiger charge is -2.35. The van der Waals surface area contributed by atoms with Crippen LogP contribution in [0, 0.1) is 0 Å². The van der Waals surface area contributed by atoms with Crippen molar-refractivity contribution in [2.24, 2.45) is 7.05 Å². The summed E-state index contributed by atoms with van der Waals surface area (Å²) in [6.45, 7) is 1.49. The molecule has 8 nitrogen and oxygen atoms in total. The Morgan fingerprint density at radius 3 is 2.84 bits per heavy atom. The normalized spacial score (nSPS) is 17.3. The SMILES string of the molecule is Cn1cc(NC(=O)N2c3nc(-c4cccc(OC(F)(F)F)c4)ccc3N3CC[C@H]2C3)cn1. The highest BCUT2D eigenvalue weighted by atomic mass is 19.4. The van der Waals surface area contributed by atoms with E-state index in [2.05, 4.69) is 25.0 Å². The van der Waals surface area contributed by atoms with Gasteiger partial charge in [0.2, 0.25) is 0 Å². The molecule has 3 aromatic rings. The minimum atomic E-state index is -4.78. The summed E-state index contributed by atoms with van der Waals surface area (Å²) >= 11 is 0. The molecule has 0 unspecified atom stereocenters. The second-order valence-corrected chi connectivity index (χ2v) is 7.71. The Hall–Kier alpha value is -3.76. The fourth-order valence-electron chi connectivity index (χ4n) is 4.15. The molecule has 32 heavy (non-hydrogen) atoms. The molecule has 1 aromatic carbocycles. The van der Waals surface area contributed by atoms with Gasteiger partial charge in [-0.25, -0.2) is 9.78 Å². The Kier molecular flexibility index (Phi) is 4.68. The molecule has 2 amide bonds. The van der Waals surface area contributed by atoms with E-state index < -0.39 is 6.36 Å². The number of benzene rings is 1. The molecule has 0 saturated carbocycles. The van der Waals surface area contributed by atoms with E-state index in [1.807, 2.05) is 6.07 Å². The molecule has 1 fully saturated rings. The lowest BCUT2D eigenvalue weighted by Crippen LogP contribution is -2.48. The Morgan fingerprint density at radius 2 is 2.09 bits per heavy atom. The maximum absolute atomic E-state index is 13.2. The summed E-state index contributed by atoms with van der Waals surface area (Å²) in [5.74, 6) is 0.143. The smallest absolute Gasteiger partial charge is 0.406 e. The summed E-state index contributed by atoms with van der Waals surface area (Å²) in [4.78, 5) is 21.6. The van der Waals surface area contributed by atoms with Crippen molar-refractivity contribution in [1.82, 2.24) is 14.8 Å². The first kappa shape index (κ1) is 20.2. The van der Waals surface area contributed by atoms with Gasteiger partial charge in [-0.1, -0.05) is 12.1 Å². The van der Waals surface area contributed by atoms with Gasteiger partial charge in [-0.15, -0.1) is 13.2 Å². The Balaban J connectivity index is 1.50. The Bertz CT molecular complexity index is 1180. The van der Waals surface area contributed by atoms with Gasteiger partial charge < -0.3 is 15.0 Å². The van der Waals surface area contributed by atoms with E-state index in [0.717, 1.165) is 18.7 Å². The van der Waals surface area contributed by atoms with Crippen LogP contribution in [0.3, 0.4) is 0 Å². The number of halogens is 3. The third kappa shape index (κ3) is 3.81. The lowest BCUT2D eigenvalue weighted by molar-refractivity contribution is -0.274. The molecule has 0 spiro atoms. The number of ether oxygens (including phenoxy) is 1. The number of hydrogen-bond acceptors (Lipinski definition) is 5. The van der Waals surface area contributed by atoms with Gasteiger partial charge in [0.1, 0.15) is 5.75 Å². The monoisotopic (exact) mass is 444 g/mol. The van der Waals surface area contributed by atoms with Gasteiger partial charge in [0, 0.05) is 31.9 Å². The number of nitrogens with one attached hydrogen (secondary N) is 1. The van der Waals surface area contributed by atoms with E-state index in [0.29, 0.717) is 29.3 Å². The highest BCUT2D eigenvalue weighted by Gasteiger charge is 2.40. The average molecular weight is 444 g/mol. The number of fused-ring (bicyclic) bond motifs is 4. The van der Waals surface area contributed by atoms with Gasteiger partial charge >= 0.3 is 12.4 Å². The van der Waals surface area contributed by atoms with Crippen molar-refractivity contribution in [3.8, 4) is 17.0 Å². The van der Waals surface area contributed by atoms with Gasteiger partial charge in [0.15, 0.2) is 5.82 Å². The molecule has 1 saturated heterocycles. The number of alkyl halides is 3. The van der Waals surface area contributed by atoms with Crippen molar-refractivity contribution in [1.29, 1.82) is 0 Å². The molecule has 166 valence electrons. The molecule has 1 atom stereocenters. The van der Waals surface area contributed by atoms with Gasteiger partial charge in [0.25, 0.3) is 0 Å². The molecule has 1 N–H and O–H groups in total. The van der Waals surface area contributed by atoms with Crippen molar-refractivity contribution in [3.63, 3.8) is 0 Å². The Labute approximate surface area is 181 Å². The lowest BCUT2D eigenvalue weighted by atomic mass is 10.1. The molecule has 2 bridgehead atoms. The fraction of sp³-hybridized carbons (Fsp3) is 0.286. The zero-order chi connectivity index (χ0) is 22.5. The number of urea groups is 1. The second kappa shape index (κ2) is 7.43. The van der Waals surface area contributed by atoms with E-state index in [1.54, 1.807) is 41.2 Å². The Morgan fingerprint density at radius 1 is 1.25 bits per heavy atom. The van der Waals surface area contributed by atoms with Crippen molar-refractivity contribution in [2.75, 3.05) is 28.2 Å². The highest BCUT2D eigenvalue weighted by Crippen LogP contribution is 2.40. The van der Waals surface area contributed by atoms with E-state index in [4.69, 9.17) is 0 Å². The summed E-state index contributed by atoms with van der Waals surface area (Å²) in [5, 5.41) is 6.91. The number of carbonyl (C=O) groups is 1. The van der Waals surface area contributed by atoms with Gasteiger partial charge in [-0.05, 0) is 30.7 Å². The standard InChI is InChI=1S/C21H19F3N6O2/c1-28-11-14(10-25-28)26-20(31)30-15-7-8-29(12-15)18-6-5-17(27-19(18)30)13-3-2-4-16(9-13)32-21(22,23)24/h2-6,9-11,15H,7-8,12H2,1H3,(H,26,31)/t15-/m0/s1. The number of anilines is 3. The number of aromatic nitrogens is 3. The predicted molar refractivity (Wildman–Crippen MR) is 112 cm³/mol. The number of hydrogen-bond donors (Lipinski definition) is 1. The predicted octanol–water partition coefficient (Wildman–Crippen LogP) is 4.01. The molecule has 2 aromatic heterocycles. The van der Waals surface area contributed by atoms with E-state index in [1.165, 1.54) is 18.2 Å². The van der Waals surface area contributed by atoms with Crippen LogP contribution in [0.15, 0.2) is 48.8 Å². The zero-order valence-corrected chi connectivity index (χ0v) is 17.0. The van der Waals surface area contributed by atoms with Crippen LogP contribution in [0.25, 0.3) is 11.3 Å². The van der Waals surface area contributed by atoms with E-state index in [9.17, 15) is 18.0 Å². The molecule has 11 heteroatoms. The second-order valence-electron chi connectivity index (χ2n) is 7.71. The van der Waals surface area contributed by atoms with Gasteiger partial charge in [-0.2, -0.15) is 5.10 Å². The van der Waals surface area contributed by atoms with E-state index >= 15 is 0 Å². The number of carbonyl (C=O) groups excluding carboxylic acids is 1. The molecular formula is C21H19F3N6O2. The molecule has 4 heterocycles. The highest BCUT2D eigenvalue weighted by molar-refractivity contribution is 6.04. The fourth-order valence-corrected chi connectivity index (χ4v) is 4.15. The van der Waals surface area contributed by atoms with Crippen LogP contribution in [-0.2, 0) is 7.05 Å². The first-order valence-electron chi connectivity index (χ1n) is 9.98. The summed E-state index contributed by atoms with van der Waals surface area (Å²) < 4.78 is 43.5. The summed E-state index contributed by atoms with van der Waals surface area (Å²) in [7, 11) is 1.76. The van der Waals surface area contributed by atoms with Crippen molar-refractivity contribution in [2.45, 2.75) is 18.8 Å². The van der Waals surface area contributed by atoms with Crippen LogP contribution < -0.4 is 19.9 Å². The number of amides is 2. The largest absolute Gasteiger partial charge is 0.573 e. The molecule has 5 rings (SSSR count). The number of nitrogens with zero attached hydrogens (tertiary/aromatic N) is 5. The maximum atomic E-state index is 13.2. The van der Waals surface area contributed by atoms with Crippen molar-refractivity contribution in [3.05, 3.63) is 48.8 Å². The summed E-state index contributed by atoms with van der Waals surface area (Å²) in [6.07, 6.45) is -0.740. The third-order valence-corrected chi connectivity index (χ3v) is 5.49. The number of pyridine rings is 1. The van der Waals surface area contributed by atoms with Crippen LogP contribution in [0.4, 0.5) is 35.2 Å². The van der Waals surface area contributed by atoms with Gasteiger partial charge in [-0.3, -0.25) is 9.58 Å². The van der Waals surface area contributed by atoms with Gasteiger partial charge in [0.05, 0.1) is 29.3 Å². The van der Waals surface area contributed by atoms with Crippen LogP contribution in [0.2, 0.25) is 0 Å². The average Bonchev–Trinajstić information content (AvgIpc) is 3.33. The third-order valence-electron chi connectivity index (χ3n) is 5.49. The minimum Gasteiger partial charge on any atom is -0.406 e. The zero-order valence-electron chi connectivity index (χ0n) is 17.0. The first-order valence-corrected chi connectivity index (χ1v) is 9.98. The molecule has 2 aliphatic rings. The quantitative estimate of drug-likeness (QED) is 0.661. The van der Waals surface area contributed by atoms with Crippen LogP contribution in [-0.4, -0.2) is 46.3 Å². The van der Waals surface area contributed by atoms with Crippen LogP contribution in [0.1, 0.15) is 6.42 Å². The van der Waals surface area contributed by atoms with Crippen molar-refractivity contribution >= 4 is 23.2 Å². The number of rotatable bonds is 3.